The Morgan fingerprint density at radius 2 is 1.94 bits per heavy atom. The highest BCUT2D eigenvalue weighted by Crippen LogP contribution is 2.45. The zero-order valence-electron chi connectivity index (χ0n) is 18.9. The van der Waals surface area contributed by atoms with Crippen molar-refractivity contribution >= 4 is 49.7 Å². The Hall–Kier alpha value is -3.03. The Bertz CT molecular complexity index is 1350. The molecule has 0 fully saturated rings. The molecule has 2 amide bonds. The van der Waals surface area contributed by atoms with Gasteiger partial charge in [0.2, 0.25) is 11.8 Å². The van der Waals surface area contributed by atoms with Crippen molar-refractivity contribution in [3.63, 3.8) is 0 Å². The predicted octanol–water partition coefficient (Wildman–Crippen LogP) is 5.73. The van der Waals surface area contributed by atoms with E-state index in [2.05, 4.69) is 24.4 Å². The highest BCUT2D eigenvalue weighted by Gasteiger charge is 2.28. The molecule has 2 aromatic heterocycles. The van der Waals surface area contributed by atoms with E-state index in [9.17, 15) is 9.59 Å². The number of hydrogen-bond donors (Lipinski definition) is 1. The molecule has 1 N–H and O–H groups in total. The molecule has 1 aliphatic heterocycles. The third-order valence-electron chi connectivity index (χ3n) is 6.11. The number of rotatable bonds is 4. The van der Waals surface area contributed by atoms with Gasteiger partial charge in [-0.2, -0.15) is 0 Å². The van der Waals surface area contributed by atoms with E-state index in [1.165, 1.54) is 11.1 Å². The predicted molar refractivity (Wildman–Crippen MR) is 136 cm³/mol. The van der Waals surface area contributed by atoms with Crippen LogP contribution in [0.1, 0.15) is 34.1 Å². The molecule has 0 spiro atoms. The first-order valence-corrected chi connectivity index (χ1v) is 12.6. The van der Waals surface area contributed by atoms with Crippen LogP contribution in [0.15, 0.2) is 42.5 Å². The first-order valence-electron chi connectivity index (χ1n) is 11.0. The fourth-order valence-electron chi connectivity index (χ4n) is 4.35. The third-order valence-corrected chi connectivity index (χ3v) is 8.30. The third kappa shape index (κ3) is 4.30. The monoisotopic (exact) mass is 475 g/mol. The number of carbonyl (C=O) groups excluding carboxylic acids is 2. The molecule has 3 heterocycles. The van der Waals surface area contributed by atoms with Crippen LogP contribution in [0.2, 0.25) is 0 Å². The summed E-state index contributed by atoms with van der Waals surface area (Å²) in [6.45, 7) is 6.98. The molecule has 5 nitrogen and oxygen atoms in total. The zero-order valence-corrected chi connectivity index (χ0v) is 20.5. The maximum Gasteiger partial charge on any atom is 0.229 e. The second kappa shape index (κ2) is 8.72. The topological polar surface area (TPSA) is 62.3 Å². The highest BCUT2D eigenvalue weighted by atomic mass is 32.1. The number of amides is 2. The summed E-state index contributed by atoms with van der Waals surface area (Å²) in [5.74, 6) is 0.0438. The van der Waals surface area contributed by atoms with Crippen LogP contribution in [0.5, 0.6) is 0 Å². The number of para-hydroxylation sites is 1. The highest BCUT2D eigenvalue weighted by molar-refractivity contribution is 7.22. The number of hydrogen-bond acceptors (Lipinski definition) is 5. The van der Waals surface area contributed by atoms with Crippen LogP contribution < -0.4 is 5.32 Å². The number of carbonyl (C=O) groups is 2. The molecule has 0 bridgehead atoms. The van der Waals surface area contributed by atoms with Crippen LogP contribution in [-0.2, 0) is 29.0 Å². The van der Waals surface area contributed by atoms with Crippen molar-refractivity contribution in [2.24, 2.45) is 0 Å². The Balaban J connectivity index is 1.51. The summed E-state index contributed by atoms with van der Waals surface area (Å²) in [4.78, 5) is 32.9. The number of fused-ring (bicyclic) bond motifs is 2. The number of thiazole rings is 1. The van der Waals surface area contributed by atoms with Gasteiger partial charge in [-0.3, -0.25) is 9.59 Å². The average molecular weight is 476 g/mol. The molecule has 0 saturated carbocycles. The summed E-state index contributed by atoms with van der Waals surface area (Å²) >= 11 is 3.22. The lowest BCUT2D eigenvalue weighted by Gasteiger charge is -2.26. The molecule has 0 atom stereocenters. The second-order valence-electron chi connectivity index (χ2n) is 8.54. The molecule has 1 aliphatic rings. The lowest BCUT2D eigenvalue weighted by molar-refractivity contribution is -0.129. The smallest absolute Gasteiger partial charge is 0.229 e. The van der Waals surface area contributed by atoms with Crippen molar-refractivity contribution in [2.45, 2.75) is 40.2 Å². The standard InChI is InChI=1S/C26H25N3O2S2/c1-15-8-9-18(16(2)12-15)13-23(31)28-26-24(25-27-20-6-4-5-7-21(20)32-25)19-10-11-29(17(3)30)14-22(19)33-26/h4-9,12H,10-11,13-14H2,1-3H3,(H,28,31). The van der Waals surface area contributed by atoms with E-state index in [-0.39, 0.29) is 11.8 Å². The number of aromatic nitrogens is 1. The summed E-state index contributed by atoms with van der Waals surface area (Å²) in [5.41, 5.74) is 6.54. The minimum Gasteiger partial charge on any atom is -0.337 e. The van der Waals surface area contributed by atoms with Gasteiger partial charge >= 0.3 is 0 Å². The van der Waals surface area contributed by atoms with Crippen LogP contribution in [0.3, 0.4) is 0 Å². The van der Waals surface area contributed by atoms with Crippen molar-refractivity contribution in [3.05, 3.63) is 69.6 Å². The second-order valence-corrected chi connectivity index (χ2v) is 10.7. The molecule has 168 valence electrons. The first kappa shape index (κ1) is 21.8. The molecule has 0 saturated heterocycles. The van der Waals surface area contributed by atoms with Crippen molar-refractivity contribution in [1.29, 1.82) is 0 Å². The molecule has 5 rings (SSSR count). The molecule has 0 radical (unpaired) electrons. The quantitative estimate of drug-likeness (QED) is 0.410. The average Bonchev–Trinajstić information content (AvgIpc) is 3.35. The molecule has 0 aliphatic carbocycles. The number of nitrogens with zero attached hydrogens (tertiary/aromatic N) is 2. The summed E-state index contributed by atoms with van der Waals surface area (Å²) in [7, 11) is 0. The van der Waals surface area contributed by atoms with E-state index in [1.54, 1.807) is 29.6 Å². The summed E-state index contributed by atoms with van der Waals surface area (Å²) in [5, 5.41) is 4.94. The van der Waals surface area contributed by atoms with Gasteiger partial charge < -0.3 is 10.2 Å². The van der Waals surface area contributed by atoms with E-state index in [0.29, 0.717) is 19.5 Å². The summed E-state index contributed by atoms with van der Waals surface area (Å²) < 4.78 is 1.13. The Kier molecular flexibility index (Phi) is 5.76. The minimum atomic E-state index is -0.0358. The fourth-order valence-corrected chi connectivity index (χ4v) is 6.74. The summed E-state index contributed by atoms with van der Waals surface area (Å²) in [6, 6.07) is 14.3. The molecule has 4 aromatic rings. The normalized spacial score (nSPS) is 13.2. The van der Waals surface area contributed by atoms with Crippen molar-refractivity contribution in [1.82, 2.24) is 9.88 Å². The lowest BCUT2D eigenvalue weighted by atomic mass is 10.0. The number of aryl methyl sites for hydroxylation is 2. The van der Waals surface area contributed by atoms with E-state index >= 15 is 0 Å². The largest absolute Gasteiger partial charge is 0.337 e. The molecule has 0 unspecified atom stereocenters. The van der Waals surface area contributed by atoms with Crippen LogP contribution >= 0.6 is 22.7 Å². The SMILES string of the molecule is CC(=O)N1CCc2c(sc(NC(=O)Cc3ccc(C)cc3C)c2-c2nc3ccccc3s2)C1. The molecule has 2 aromatic carbocycles. The number of nitrogens with one attached hydrogen (secondary N) is 1. The van der Waals surface area contributed by atoms with Crippen LogP contribution in [0.4, 0.5) is 5.00 Å². The Morgan fingerprint density at radius 3 is 2.70 bits per heavy atom. The van der Waals surface area contributed by atoms with E-state index in [0.717, 1.165) is 48.2 Å². The van der Waals surface area contributed by atoms with Crippen molar-refractivity contribution in [2.75, 3.05) is 11.9 Å². The number of thiophene rings is 1. The minimum absolute atomic E-state index is 0.0358. The Morgan fingerprint density at radius 1 is 1.12 bits per heavy atom. The first-order chi connectivity index (χ1) is 15.9. The molecule has 7 heteroatoms. The van der Waals surface area contributed by atoms with Gasteiger partial charge in [-0.1, -0.05) is 35.9 Å². The van der Waals surface area contributed by atoms with Gasteiger partial charge in [-0.15, -0.1) is 22.7 Å². The van der Waals surface area contributed by atoms with Crippen molar-refractivity contribution in [3.8, 4) is 10.6 Å². The number of anilines is 1. The van der Waals surface area contributed by atoms with E-state index in [4.69, 9.17) is 4.98 Å². The van der Waals surface area contributed by atoms with E-state index < -0.39 is 0 Å². The van der Waals surface area contributed by atoms with Gasteiger partial charge in [0.05, 0.1) is 23.2 Å². The van der Waals surface area contributed by atoms with Crippen LogP contribution in [0.25, 0.3) is 20.8 Å². The van der Waals surface area contributed by atoms with Crippen molar-refractivity contribution < 1.29 is 9.59 Å². The van der Waals surface area contributed by atoms with Gasteiger partial charge in [-0.25, -0.2) is 4.98 Å². The molecular weight excluding hydrogens is 450 g/mol. The van der Waals surface area contributed by atoms with Gasteiger partial charge in [0, 0.05) is 23.9 Å². The van der Waals surface area contributed by atoms with Gasteiger partial charge in [-0.05, 0) is 49.1 Å². The fraction of sp³-hybridized carbons (Fsp3) is 0.269. The van der Waals surface area contributed by atoms with Crippen LogP contribution in [-0.4, -0.2) is 28.2 Å². The summed E-state index contributed by atoms with van der Waals surface area (Å²) in [6.07, 6.45) is 1.09. The van der Waals surface area contributed by atoms with E-state index in [1.807, 2.05) is 42.2 Å². The number of benzene rings is 2. The zero-order chi connectivity index (χ0) is 23.1. The molecule has 33 heavy (non-hydrogen) atoms. The van der Waals surface area contributed by atoms with Gasteiger partial charge in [0.25, 0.3) is 0 Å². The maximum absolute atomic E-state index is 13.1. The van der Waals surface area contributed by atoms with Crippen LogP contribution in [0, 0.1) is 13.8 Å². The molecular formula is C26H25N3O2S2. The van der Waals surface area contributed by atoms with Gasteiger partial charge in [0.1, 0.15) is 10.0 Å². The maximum atomic E-state index is 13.1. The van der Waals surface area contributed by atoms with Gasteiger partial charge in [0.15, 0.2) is 0 Å². The Labute approximate surface area is 201 Å². The lowest BCUT2D eigenvalue weighted by Crippen LogP contribution is -2.33.